The standard InChI is InChI=1S/C13H11ClN2S/c14-11-8-9(13(15)17)6-7-12(11)16-10-4-2-1-3-5-10/h1-8,16H,(H2,15,17). The van der Waals surface area contributed by atoms with E-state index in [0.717, 1.165) is 16.9 Å². The van der Waals surface area contributed by atoms with Crippen molar-refractivity contribution in [3.05, 3.63) is 59.1 Å². The highest BCUT2D eigenvalue weighted by Gasteiger charge is 2.03. The van der Waals surface area contributed by atoms with E-state index >= 15 is 0 Å². The van der Waals surface area contributed by atoms with Gasteiger partial charge in [-0.25, -0.2) is 0 Å². The zero-order valence-electron chi connectivity index (χ0n) is 8.98. The maximum absolute atomic E-state index is 6.15. The Hall–Kier alpha value is -1.58. The molecule has 2 nitrogen and oxygen atoms in total. The summed E-state index contributed by atoms with van der Waals surface area (Å²) in [4.78, 5) is 0.346. The molecule has 0 spiro atoms. The molecule has 86 valence electrons. The highest BCUT2D eigenvalue weighted by atomic mass is 35.5. The average molecular weight is 263 g/mol. The summed E-state index contributed by atoms with van der Waals surface area (Å²) in [5.41, 5.74) is 8.12. The van der Waals surface area contributed by atoms with Crippen molar-refractivity contribution in [3.8, 4) is 0 Å². The van der Waals surface area contributed by atoms with Crippen LogP contribution in [0.2, 0.25) is 5.02 Å². The Morgan fingerprint density at radius 3 is 2.41 bits per heavy atom. The molecule has 0 aromatic heterocycles. The molecular formula is C13H11ClN2S. The molecule has 0 saturated carbocycles. The molecule has 2 aromatic rings. The number of para-hydroxylation sites is 1. The maximum Gasteiger partial charge on any atom is 0.104 e. The summed E-state index contributed by atoms with van der Waals surface area (Å²) in [6.07, 6.45) is 0. The molecular weight excluding hydrogens is 252 g/mol. The second-order valence-corrected chi connectivity index (χ2v) is 4.40. The van der Waals surface area contributed by atoms with Crippen molar-refractivity contribution in [2.24, 2.45) is 5.73 Å². The monoisotopic (exact) mass is 262 g/mol. The fourth-order valence-electron chi connectivity index (χ4n) is 1.45. The van der Waals surface area contributed by atoms with E-state index in [0.29, 0.717) is 10.0 Å². The zero-order chi connectivity index (χ0) is 12.3. The number of halogens is 1. The molecule has 3 N–H and O–H groups in total. The molecule has 2 aromatic carbocycles. The molecule has 0 aliphatic heterocycles. The normalized spacial score (nSPS) is 9.94. The SMILES string of the molecule is NC(=S)c1ccc(Nc2ccccc2)c(Cl)c1. The van der Waals surface area contributed by atoms with Crippen molar-refractivity contribution in [1.29, 1.82) is 0 Å². The van der Waals surface area contributed by atoms with E-state index in [1.54, 1.807) is 6.07 Å². The van der Waals surface area contributed by atoms with Crippen molar-refractivity contribution >= 4 is 40.2 Å². The predicted octanol–water partition coefficient (Wildman–Crippen LogP) is 3.72. The van der Waals surface area contributed by atoms with Gasteiger partial charge in [0.25, 0.3) is 0 Å². The lowest BCUT2D eigenvalue weighted by molar-refractivity contribution is 1.53. The first-order valence-corrected chi connectivity index (χ1v) is 5.87. The quantitative estimate of drug-likeness (QED) is 0.828. The first kappa shape index (κ1) is 11.9. The minimum atomic E-state index is 0.346. The van der Waals surface area contributed by atoms with E-state index in [-0.39, 0.29) is 0 Å². The van der Waals surface area contributed by atoms with Gasteiger partial charge >= 0.3 is 0 Å². The van der Waals surface area contributed by atoms with E-state index in [9.17, 15) is 0 Å². The van der Waals surface area contributed by atoms with Gasteiger partial charge in [0, 0.05) is 11.3 Å². The number of thiocarbonyl (C=S) groups is 1. The molecule has 0 aliphatic carbocycles. The fraction of sp³-hybridized carbons (Fsp3) is 0. The van der Waals surface area contributed by atoms with Crippen LogP contribution >= 0.6 is 23.8 Å². The minimum absolute atomic E-state index is 0.346. The number of rotatable bonds is 3. The second kappa shape index (κ2) is 5.17. The van der Waals surface area contributed by atoms with E-state index in [1.807, 2.05) is 42.5 Å². The Morgan fingerprint density at radius 2 is 1.82 bits per heavy atom. The first-order valence-electron chi connectivity index (χ1n) is 5.08. The predicted molar refractivity (Wildman–Crippen MR) is 77.1 cm³/mol. The van der Waals surface area contributed by atoms with Crippen LogP contribution in [0, 0.1) is 0 Å². The van der Waals surface area contributed by atoms with E-state index in [1.165, 1.54) is 0 Å². The average Bonchev–Trinajstić information content (AvgIpc) is 2.33. The summed E-state index contributed by atoms with van der Waals surface area (Å²) in [7, 11) is 0. The topological polar surface area (TPSA) is 38.0 Å². The van der Waals surface area contributed by atoms with E-state index < -0.39 is 0 Å². The van der Waals surface area contributed by atoms with Crippen LogP contribution in [-0.4, -0.2) is 4.99 Å². The molecule has 0 heterocycles. The number of hydrogen-bond acceptors (Lipinski definition) is 2. The van der Waals surface area contributed by atoms with E-state index in [4.69, 9.17) is 29.6 Å². The van der Waals surface area contributed by atoms with Crippen LogP contribution in [0.15, 0.2) is 48.5 Å². The highest BCUT2D eigenvalue weighted by molar-refractivity contribution is 7.80. The molecule has 0 amide bonds. The molecule has 0 fully saturated rings. The molecule has 0 saturated heterocycles. The number of benzene rings is 2. The van der Waals surface area contributed by atoms with Gasteiger partial charge in [0.05, 0.1) is 10.7 Å². The Kier molecular flexibility index (Phi) is 3.61. The van der Waals surface area contributed by atoms with Crippen LogP contribution in [0.25, 0.3) is 0 Å². The van der Waals surface area contributed by atoms with Crippen LogP contribution in [-0.2, 0) is 0 Å². The zero-order valence-corrected chi connectivity index (χ0v) is 10.6. The molecule has 0 bridgehead atoms. The Morgan fingerprint density at radius 1 is 1.12 bits per heavy atom. The molecule has 0 radical (unpaired) electrons. The van der Waals surface area contributed by atoms with Crippen LogP contribution in [0.3, 0.4) is 0 Å². The van der Waals surface area contributed by atoms with Crippen LogP contribution in [0.5, 0.6) is 0 Å². The molecule has 0 unspecified atom stereocenters. The Balaban J connectivity index is 2.26. The Labute approximate surface area is 110 Å². The molecule has 0 aliphatic rings. The van der Waals surface area contributed by atoms with Crippen LogP contribution in [0.1, 0.15) is 5.56 Å². The van der Waals surface area contributed by atoms with Gasteiger partial charge in [-0.05, 0) is 30.3 Å². The largest absolute Gasteiger partial charge is 0.389 e. The van der Waals surface area contributed by atoms with Crippen LogP contribution < -0.4 is 11.1 Å². The Bertz CT molecular complexity index is 540. The number of hydrogen-bond donors (Lipinski definition) is 2. The lowest BCUT2D eigenvalue weighted by Crippen LogP contribution is -2.09. The summed E-state index contributed by atoms with van der Waals surface area (Å²) >= 11 is 11.0. The number of anilines is 2. The number of nitrogens with one attached hydrogen (secondary N) is 1. The third-order valence-electron chi connectivity index (χ3n) is 2.31. The summed E-state index contributed by atoms with van der Waals surface area (Å²) in [6.45, 7) is 0. The smallest absolute Gasteiger partial charge is 0.104 e. The summed E-state index contributed by atoms with van der Waals surface area (Å²) in [6, 6.07) is 15.3. The summed E-state index contributed by atoms with van der Waals surface area (Å²) in [5, 5.41) is 3.82. The minimum Gasteiger partial charge on any atom is -0.389 e. The van der Waals surface area contributed by atoms with Crippen molar-refractivity contribution in [1.82, 2.24) is 0 Å². The fourth-order valence-corrected chi connectivity index (χ4v) is 1.80. The van der Waals surface area contributed by atoms with Crippen molar-refractivity contribution in [3.63, 3.8) is 0 Å². The molecule has 17 heavy (non-hydrogen) atoms. The van der Waals surface area contributed by atoms with E-state index in [2.05, 4.69) is 5.32 Å². The van der Waals surface area contributed by atoms with Crippen LogP contribution in [0.4, 0.5) is 11.4 Å². The van der Waals surface area contributed by atoms with Gasteiger partial charge in [-0.3, -0.25) is 0 Å². The van der Waals surface area contributed by atoms with Crippen molar-refractivity contribution in [2.75, 3.05) is 5.32 Å². The van der Waals surface area contributed by atoms with Gasteiger partial charge in [0.15, 0.2) is 0 Å². The number of nitrogens with two attached hydrogens (primary N) is 1. The summed E-state index contributed by atoms with van der Waals surface area (Å²) in [5.74, 6) is 0. The third kappa shape index (κ3) is 2.96. The lowest BCUT2D eigenvalue weighted by Gasteiger charge is -2.09. The van der Waals surface area contributed by atoms with Gasteiger partial charge < -0.3 is 11.1 Å². The highest BCUT2D eigenvalue weighted by Crippen LogP contribution is 2.26. The summed E-state index contributed by atoms with van der Waals surface area (Å²) < 4.78 is 0. The molecule has 2 rings (SSSR count). The van der Waals surface area contributed by atoms with Gasteiger partial charge in [0.1, 0.15) is 4.99 Å². The van der Waals surface area contributed by atoms with Gasteiger partial charge in [-0.1, -0.05) is 42.0 Å². The van der Waals surface area contributed by atoms with Crippen molar-refractivity contribution in [2.45, 2.75) is 0 Å². The second-order valence-electron chi connectivity index (χ2n) is 3.55. The van der Waals surface area contributed by atoms with Crippen molar-refractivity contribution < 1.29 is 0 Å². The van der Waals surface area contributed by atoms with Gasteiger partial charge in [-0.15, -0.1) is 0 Å². The molecule has 0 atom stereocenters. The van der Waals surface area contributed by atoms with Gasteiger partial charge in [-0.2, -0.15) is 0 Å². The lowest BCUT2D eigenvalue weighted by atomic mass is 10.2. The van der Waals surface area contributed by atoms with Gasteiger partial charge in [0.2, 0.25) is 0 Å². The maximum atomic E-state index is 6.15. The molecule has 4 heteroatoms. The first-order chi connectivity index (χ1) is 8.16. The third-order valence-corrected chi connectivity index (χ3v) is 2.85.